The van der Waals surface area contributed by atoms with Gasteiger partial charge in [-0.3, -0.25) is 4.68 Å². The normalized spacial score (nSPS) is 12.1. The Morgan fingerprint density at radius 1 is 1.41 bits per heavy atom. The molecule has 0 spiro atoms. The van der Waals surface area contributed by atoms with Crippen LogP contribution in [0.25, 0.3) is 0 Å². The van der Waals surface area contributed by atoms with E-state index < -0.39 is 12.6 Å². The molecule has 0 aromatic carbocycles. The van der Waals surface area contributed by atoms with Gasteiger partial charge in [-0.1, -0.05) is 0 Å². The van der Waals surface area contributed by atoms with E-state index in [0.717, 1.165) is 15.9 Å². The van der Waals surface area contributed by atoms with Crippen LogP contribution in [0.5, 0.6) is 0 Å². The molecule has 0 amide bonds. The van der Waals surface area contributed by atoms with Crippen molar-refractivity contribution in [3.8, 4) is 0 Å². The Bertz CT molecular complexity index is 376. The van der Waals surface area contributed by atoms with Crippen LogP contribution < -0.4 is 0 Å². The molecular formula is C10H14BrF3N2O. The van der Waals surface area contributed by atoms with Crippen LogP contribution >= 0.6 is 15.9 Å². The third-order valence-corrected chi connectivity index (χ3v) is 3.28. The molecule has 0 saturated heterocycles. The van der Waals surface area contributed by atoms with Gasteiger partial charge in [-0.25, -0.2) is 0 Å². The Morgan fingerprint density at radius 2 is 2.06 bits per heavy atom. The lowest BCUT2D eigenvalue weighted by molar-refractivity contribution is -0.138. The van der Waals surface area contributed by atoms with Gasteiger partial charge in [0.1, 0.15) is 0 Å². The summed E-state index contributed by atoms with van der Waals surface area (Å²) in [5.74, 6) is 0. The maximum Gasteiger partial charge on any atom is 0.389 e. The fourth-order valence-electron chi connectivity index (χ4n) is 1.38. The molecule has 1 rings (SSSR count). The Labute approximate surface area is 106 Å². The number of aryl methyl sites for hydroxylation is 2. The number of aromatic nitrogens is 2. The van der Waals surface area contributed by atoms with Crippen LogP contribution in [-0.4, -0.2) is 22.6 Å². The molecule has 0 fully saturated rings. The Hall–Kier alpha value is -0.560. The van der Waals surface area contributed by atoms with Gasteiger partial charge in [-0.05, 0) is 29.3 Å². The highest BCUT2D eigenvalue weighted by Crippen LogP contribution is 2.22. The monoisotopic (exact) mass is 314 g/mol. The standard InChI is InChI=1S/C10H14BrF3N2O/c1-7-9(11)8(16(2)15-7)6-17-5-3-4-10(12,13)14/h3-6H2,1-2H3. The van der Waals surface area contributed by atoms with Crippen LogP contribution in [0.2, 0.25) is 0 Å². The van der Waals surface area contributed by atoms with Gasteiger partial charge in [-0.2, -0.15) is 18.3 Å². The first-order valence-electron chi connectivity index (χ1n) is 5.13. The zero-order valence-electron chi connectivity index (χ0n) is 9.64. The molecular weight excluding hydrogens is 301 g/mol. The number of halogens is 4. The molecule has 17 heavy (non-hydrogen) atoms. The van der Waals surface area contributed by atoms with E-state index in [4.69, 9.17) is 4.74 Å². The molecule has 0 saturated carbocycles. The molecule has 1 aromatic rings. The number of rotatable bonds is 5. The maximum absolute atomic E-state index is 11.9. The average molecular weight is 315 g/mol. The molecule has 7 heteroatoms. The summed E-state index contributed by atoms with van der Waals surface area (Å²) >= 11 is 3.36. The highest BCUT2D eigenvalue weighted by molar-refractivity contribution is 9.10. The summed E-state index contributed by atoms with van der Waals surface area (Å²) in [6, 6.07) is 0. The van der Waals surface area contributed by atoms with Gasteiger partial charge in [0.2, 0.25) is 0 Å². The lowest BCUT2D eigenvalue weighted by Gasteiger charge is -2.07. The lowest BCUT2D eigenvalue weighted by atomic mass is 10.3. The predicted octanol–water partition coefficient (Wildman–Crippen LogP) is 3.35. The molecule has 0 aliphatic rings. The number of ether oxygens (including phenoxy) is 1. The summed E-state index contributed by atoms with van der Waals surface area (Å²) < 4.78 is 43.3. The van der Waals surface area contributed by atoms with Crippen molar-refractivity contribution >= 4 is 15.9 Å². The Morgan fingerprint density at radius 3 is 2.53 bits per heavy atom. The zero-order chi connectivity index (χ0) is 13.1. The average Bonchev–Trinajstić information content (AvgIpc) is 2.42. The second kappa shape index (κ2) is 5.86. The second-order valence-corrected chi connectivity index (χ2v) is 4.53. The van der Waals surface area contributed by atoms with Crippen molar-refractivity contribution in [2.24, 2.45) is 7.05 Å². The number of nitrogens with zero attached hydrogens (tertiary/aromatic N) is 2. The van der Waals surface area contributed by atoms with Crippen molar-refractivity contribution in [1.29, 1.82) is 0 Å². The molecule has 0 aliphatic heterocycles. The smallest absolute Gasteiger partial charge is 0.375 e. The largest absolute Gasteiger partial charge is 0.389 e. The molecule has 0 unspecified atom stereocenters. The summed E-state index contributed by atoms with van der Waals surface area (Å²) in [5.41, 5.74) is 1.66. The van der Waals surface area contributed by atoms with Crippen molar-refractivity contribution < 1.29 is 17.9 Å². The highest BCUT2D eigenvalue weighted by atomic mass is 79.9. The van der Waals surface area contributed by atoms with Crippen LogP contribution in [0.15, 0.2) is 4.47 Å². The van der Waals surface area contributed by atoms with E-state index in [1.807, 2.05) is 6.92 Å². The second-order valence-electron chi connectivity index (χ2n) is 3.74. The predicted molar refractivity (Wildman–Crippen MR) is 60.6 cm³/mol. The van der Waals surface area contributed by atoms with Gasteiger partial charge in [0.25, 0.3) is 0 Å². The molecule has 1 heterocycles. The maximum atomic E-state index is 11.9. The molecule has 0 bridgehead atoms. The van der Waals surface area contributed by atoms with E-state index in [2.05, 4.69) is 21.0 Å². The molecule has 0 N–H and O–H groups in total. The van der Waals surface area contributed by atoms with Crippen LogP contribution in [0.3, 0.4) is 0 Å². The first-order chi connectivity index (χ1) is 7.81. The molecule has 1 aromatic heterocycles. The fraction of sp³-hybridized carbons (Fsp3) is 0.700. The van der Waals surface area contributed by atoms with Gasteiger partial charge in [-0.15, -0.1) is 0 Å². The number of hydrogen-bond donors (Lipinski definition) is 0. The van der Waals surface area contributed by atoms with Gasteiger partial charge >= 0.3 is 6.18 Å². The summed E-state index contributed by atoms with van der Waals surface area (Å²) in [7, 11) is 1.77. The summed E-state index contributed by atoms with van der Waals surface area (Å²) in [6.07, 6.45) is -4.93. The van der Waals surface area contributed by atoms with Gasteiger partial charge < -0.3 is 4.74 Å². The zero-order valence-corrected chi connectivity index (χ0v) is 11.2. The highest BCUT2D eigenvalue weighted by Gasteiger charge is 2.25. The fourth-order valence-corrected chi connectivity index (χ4v) is 1.83. The summed E-state index contributed by atoms with van der Waals surface area (Å²) in [4.78, 5) is 0. The van der Waals surface area contributed by atoms with E-state index in [1.165, 1.54) is 0 Å². The molecule has 98 valence electrons. The lowest BCUT2D eigenvalue weighted by Crippen LogP contribution is -2.09. The van der Waals surface area contributed by atoms with Crippen LogP contribution in [-0.2, 0) is 18.4 Å². The van der Waals surface area contributed by atoms with Gasteiger partial charge in [0, 0.05) is 20.1 Å². The minimum Gasteiger partial charge on any atom is -0.375 e. The van der Waals surface area contributed by atoms with E-state index in [0.29, 0.717) is 0 Å². The first-order valence-corrected chi connectivity index (χ1v) is 5.93. The molecule has 3 nitrogen and oxygen atoms in total. The minimum absolute atomic E-state index is 0.0159. The molecule has 0 radical (unpaired) electrons. The van der Waals surface area contributed by atoms with Crippen molar-refractivity contribution in [2.45, 2.75) is 32.5 Å². The van der Waals surface area contributed by atoms with Crippen LogP contribution in [0.1, 0.15) is 24.2 Å². The van der Waals surface area contributed by atoms with Crippen molar-refractivity contribution in [1.82, 2.24) is 9.78 Å². The van der Waals surface area contributed by atoms with Gasteiger partial charge in [0.15, 0.2) is 0 Å². The number of alkyl halides is 3. The van der Waals surface area contributed by atoms with Crippen LogP contribution in [0, 0.1) is 6.92 Å². The summed E-state index contributed by atoms with van der Waals surface area (Å²) in [5, 5.41) is 4.16. The quantitative estimate of drug-likeness (QED) is 0.779. The molecule has 0 atom stereocenters. The van der Waals surface area contributed by atoms with E-state index >= 15 is 0 Å². The van der Waals surface area contributed by atoms with E-state index in [9.17, 15) is 13.2 Å². The Balaban J connectivity index is 2.32. The Kier molecular flexibility index (Phi) is 5.00. The third kappa shape index (κ3) is 4.67. The van der Waals surface area contributed by atoms with Crippen molar-refractivity contribution in [3.63, 3.8) is 0 Å². The van der Waals surface area contributed by atoms with E-state index in [-0.39, 0.29) is 19.6 Å². The first kappa shape index (κ1) is 14.5. The minimum atomic E-state index is -4.10. The SMILES string of the molecule is Cc1nn(C)c(COCCCC(F)(F)F)c1Br. The topological polar surface area (TPSA) is 27.1 Å². The van der Waals surface area contributed by atoms with Crippen LogP contribution in [0.4, 0.5) is 13.2 Å². The van der Waals surface area contributed by atoms with E-state index in [1.54, 1.807) is 11.7 Å². The molecule has 0 aliphatic carbocycles. The van der Waals surface area contributed by atoms with Crippen molar-refractivity contribution in [2.75, 3.05) is 6.61 Å². The number of hydrogen-bond acceptors (Lipinski definition) is 2. The van der Waals surface area contributed by atoms with Gasteiger partial charge in [0.05, 0.1) is 22.5 Å². The van der Waals surface area contributed by atoms with Crippen molar-refractivity contribution in [3.05, 3.63) is 15.9 Å². The summed E-state index contributed by atoms with van der Waals surface area (Å²) in [6.45, 7) is 2.20. The third-order valence-electron chi connectivity index (χ3n) is 2.25.